The van der Waals surface area contributed by atoms with Gasteiger partial charge in [-0.1, -0.05) is 246 Å². The minimum absolute atomic E-state index is 0.138. The predicted octanol–water partition coefficient (Wildman–Crippen LogP) is 20.3. The lowest BCUT2D eigenvalue weighted by molar-refractivity contribution is 0.660. The molecule has 0 spiro atoms. The van der Waals surface area contributed by atoms with Crippen molar-refractivity contribution in [1.29, 1.82) is 0 Å². The average molecular weight is 943 g/mol. The van der Waals surface area contributed by atoms with E-state index in [2.05, 4.69) is 282 Å². The lowest BCUT2D eigenvalue weighted by Crippen LogP contribution is -2.15. The van der Waals surface area contributed by atoms with Crippen LogP contribution in [0.4, 0.5) is 0 Å². The summed E-state index contributed by atoms with van der Waals surface area (Å²) < 4.78 is 0. The van der Waals surface area contributed by atoms with Crippen LogP contribution in [0.2, 0.25) is 0 Å². The predicted molar refractivity (Wildman–Crippen MR) is 315 cm³/mol. The van der Waals surface area contributed by atoms with Crippen molar-refractivity contribution in [3.05, 3.63) is 277 Å². The Morgan fingerprint density at radius 3 is 0.811 bits per heavy atom. The lowest BCUT2D eigenvalue weighted by Gasteiger charge is -2.23. The van der Waals surface area contributed by atoms with E-state index in [-0.39, 0.29) is 10.8 Å². The molecule has 2 aliphatic rings. The summed E-state index contributed by atoms with van der Waals surface area (Å²) in [6.07, 6.45) is 0. The van der Waals surface area contributed by atoms with E-state index < -0.39 is 0 Å². The van der Waals surface area contributed by atoms with Gasteiger partial charge in [0.15, 0.2) is 0 Å². The minimum atomic E-state index is -0.138. The molecule has 0 heterocycles. The van der Waals surface area contributed by atoms with E-state index in [1.807, 2.05) is 0 Å². The zero-order valence-electron chi connectivity index (χ0n) is 42.2. The molecule has 2 aliphatic carbocycles. The van der Waals surface area contributed by atoms with E-state index in [4.69, 9.17) is 0 Å². The number of hydrogen-bond donors (Lipinski definition) is 0. The van der Waals surface area contributed by atoms with Crippen LogP contribution in [0.25, 0.3) is 122 Å². The van der Waals surface area contributed by atoms with Crippen molar-refractivity contribution in [2.75, 3.05) is 0 Å². The van der Waals surface area contributed by atoms with Gasteiger partial charge in [0.05, 0.1) is 0 Å². The molecule has 0 nitrogen and oxygen atoms in total. The Morgan fingerprint density at radius 1 is 0.189 bits per heavy atom. The maximum atomic E-state index is 2.44. The van der Waals surface area contributed by atoms with Crippen LogP contribution >= 0.6 is 0 Å². The van der Waals surface area contributed by atoms with Crippen molar-refractivity contribution in [2.24, 2.45) is 0 Å². The van der Waals surface area contributed by atoms with Crippen LogP contribution in [0, 0.1) is 0 Å². The van der Waals surface area contributed by atoms with Crippen molar-refractivity contribution in [3.8, 4) is 100 Å². The zero-order chi connectivity index (χ0) is 49.7. The van der Waals surface area contributed by atoms with Gasteiger partial charge in [-0.25, -0.2) is 0 Å². The topological polar surface area (TPSA) is 0 Å². The molecule has 74 heavy (non-hydrogen) atoms. The lowest BCUT2D eigenvalue weighted by atomic mass is 9.80. The van der Waals surface area contributed by atoms with Gasteiger partial charge in [0.2, 0.25) is 0 Å². The highest BCUT2D eigenvalue weighted by atomic mass is 14.4. The van der Waals surface area contributed by atoms with Crippen molar-refractivity contribution in [2.45, 2.75) is 38.5 Å². The number of hydrogen-bond acceptors (Lipinski definition) is 0. The fraction of sp³-hybridized carbons (Fsp3) is 0.0811. The molecule has 0 radical (unpaired) electrons. The Balaban J connectivity index is 0.690. The summed E-state index contributed by atoms with van der Waals surface area (Å²) in [5, 5.41) is 5.10. The van der Waals surface area contributed by atoms with Crippen LogP contribution in [0.15, 0.2) is 255 Å². The van der Waals surface area contributed by atoms with Gasteiger partial charge < -0.3 is 0 Å². The van der Waals surface area contributed by atoms with Crippen LogP contribution in [0.3, 0.4) is 0 Å². The Bertz CT molecular complexity index is 3930. The Kier molecular flexibility index (Phi) is 10.0. The average Bonchev–Trinajstić information content (AvgIpc) is 3.87. The van der Waals surface area contributed by atoms with Gasteiger partial charge in [-0.05, 0) is 180 Å². The van der Waals surface area contributed by atoms with Crippen molar-refractivity contribution >= 4 is 21.5 Å². The van der Waals surface area contributed by atoms with Gasteiger partial charge in [-0.3, -0.25) is 0 Å². The second-order valence-electron chi connectivity index (χ2n) is 21.7. The molecule has 0 atom stereocenters. The van der Waals surface area contributed by atoms with Gasteiger partial charge in [-0.15, -0.1) is 0 Å². The first-order valence-corrected chi connectivity index (χ1v) is 26.1. The standard InChI is InChI=1S/C74H54/c1-73(2)69-43-55(33-37-65(69)67-39-35-57(45-71(67)73)53-17-9-19-59(41-53)63-23-11-15-51-13-5-7-21-61(51)63)49-29-25-47(26-30-49)48-27-31-50(32-28-48)56-34-38-66-68-40-36-58(46-72(68)74(3,4)70(66)44-56)54-18-10-20-60(42-54)64-24-12-16-52-14-6-8-22-62(52)64/h5-46H,1-4H3. The molecular weight excluding hydrogens is 889 g/mol. The highest BCUT2D eigenvalue weighted by Crippen LogP contribution is 2.53. The largest absolute Gasteiger partial charge is 0.0616 e. The van der Waals surface area contributed by atoms with Crippen LogP contribution in [0.5, 0.6) is 0 Å². The highest BCUT2D eigenvalue weighted by molar-refractivity contribution is 5.99. The molecule has 0 saturated heterocycles. The quantitative estimate of drug-likeness (QED) is 0.149. The van der Waals surface area contributed by atoms with Crippen molar-refractivity contribution < 1.29 is 0 Å². The van der Waals surface area contributed by atoms with Crippen molar-refractivity contribution in [1.82, 2.24) is 0 Å². The fourth-order valence-electron chi connectivity index (χ4n) is 12.6. The van der Waals surface area contributed by atoms with E-state index in [0.29, 0.717) is 0 Å². The van der Waals surface area contributed by atoms with E-state index in [1.165, 1.54) is 144 Å². The summed E-state index contributed by atoms with van der Waals surface area (Å²) in [6, 6.07) is 95.2. The molecule has 0 aliphatic heterocycles. The van der Waals surface area contributed by atoms with E-state index in [0.717, 1.165) is 0 Å². The summed E-state index contributed by atoms with van der Waals surface area (Å²) in [7, 11) is 0. The molecule has 0 aromatic heterocycles. The molecule has 0 bridgehead atoms. The van der Waals surface area contributed by atoms with Gasteiger partial charge in [-0.2, -0.15) is 0 Å². The summed E-state index contributed by atoms with van der Waals surface area (Å²) in [4.78, 5) is 0. The minimum Gasteiger partial charge on any atom is -0.0616 e. The van der Waals surface area contributed by atoms with Crippen molar-refractivity contribution in [3.63, 3.8) is 0 Å². The molecule has 14 rings (SSSR count). The van der Waals surface area contributed by atoms with Crippen LogP contribution in [0.1, 0.15) is 49.9 Å². The SMILES string of the molecule is CC1(C)c2cc(-c3ccc(-c4ccc(-c5ccc6c(c5)C(C)(C)c5cc(-c7cccc(-c8cccc9ccccc89)c7)ccc5-6)cc4)cc3)ccc2-c2ccc(-c3cccc(-c4cccc5ccccc45)c3)cc21. The molecule has 0 saturated carbocycles. The van der Waals surface area contributed by atoms with E-state index >= 15 is 0 Å². The van der Waals surface area contributed by atoms with E-state index in [9.17, 15) is 0 Å². The molecule has 12 aromatic rings. The van der Waals surface area contributed by atoms with Crippen LogP contribution in [-0.2, 0) is 10.8 Å². The van der Waals surface area contributed by atoms with Crippen LogP contribution in [-0.4, -0.2) is 0 Å². The first kappa shape index (κ1) is 43.9. The maximum Gasteiger partial charge on any atom is 0.0159 e. The molecule has 0 heteroatoms. The third-order valence-electron chi connectivity index (χ3n) is 16.7. The summed E-state index contributed by atoms with van der Waals surface area (Å²) >= 11 is 0. The first-order valence-electron chi connectivity index (χ1n) is 26.1. The van der Waals surface area contributed by atoms with Gasteiger partial charge in [0.25, 0.3) is 0 Å². The smallest absolute Gasteiger partial charge is 0.0159 e. The van der Waals surface area contributed by atoms with Gasteiger partial charge in [0, 0.05) is 10.8 Å². The molecular formula is C74H54. The summed E-state index contributed by atoms with van der Waals surface area (Å²) in [5.41, 5.74) is 28.0. The molecule has 0 fully saturated rings. The first-order chi connectivity index (χ1) is 36.2. The molecule has 0 amide bonds. The fourth-order valence-corrected chi connectivity index (χ4v) is 12.6. The second kappa shape index (κ2) is 16.9. The number of fused-ring (bicyclic) bond motifs is 8. The molecule has 12 aromatic carbocycles. The monoisotopic (exact) mass is 942 g/mol. The molecule has 350 valence electrons. The number of rotatable bonds is 7. The van der Waals surface area contributed by atoms with E-state index in [1.54, 1.807) is 0 Å². The Morgan fingerprint density at radius 2 is 0.446 bits per heavy atom. The Hall–Kier alpha value is -8.84. The second-order valence-corrected chi connectivity index (χ2v) is 21.7. The Labute approximate surface area is 434 Å². The summed E-state index contributed by atoms with van der Waals surface area (Å²) in [5.74, 6) is 0. The maximum absolute atomic E-state index is 2.44. The van der Waals surface area contributed by atoms with Gasteiger partial charge >= 0.3 is 0 Å². The zero-order valence-corrected chi connectivity index (χ0v) is 42.2. The number of benzene rings is 12. The molecule has 0 unspecified atom stereocenters. The third-order valence-corrected chi connectivity index (χ3v) is 16.7. The third kappa shape index (κ3) is 7.12. The van der Waals surface area contributed by atoms with Gasteiger partial charge in [0.1, 0.15) is 0 Å². The highest BCUT2D eigenvalue weighted by Gasteiger charge is 2.37. The molecule has 0 N–H and O–H groups in total. The van der Waals surface area contributed by atoms with Crippen LogP contribution < -0.4 is 0 Å². The normalized spacial score (nSPS) is 13.6. The summed E-state index contributed by atoms with van der Waals surface area (Å²) in [6.45, 7) is 9.54.